The lowest BCUT2D eigenvalue weighted by atomic mass is 9.90. The third-order valence-electron chi connectivity index (χ3n) is 4.60. The van der Waals surface area contributed by atoms with Crippen LogP contribution >= 0.6 is 11.6 Å². The van der Waals surface area contributed by atoms with Crippen LogP contribution in [-0.4, -0.2) is 41.7 Å². The van der Waals surface area contributed by atoms with Crippen LogP contribution in [0.5, 0.6) is 5.75 Å². The first-order valence-electron chi connectivity index (χ1n) is 7.61. The maximum absolute atomic E-state index is 12.5. The van der Waals surface area contributed by atoms with Crippen LogP contribution in [0.1, 0.15) is 31.4 Å². The molecular formula is C16H19ClN2O4. The van der Waals surface area contributed by atoms with Gasteiger partial charge in [0.05, 0.1) is 23.1 Å². The second-order valence-electron chi connectivity index (χ2n) is 6.33. The molecule has 1 fully saturated rings. The summed E-state index contributed by atoms with van der Waals surface area (Å²) < 4.78 is 5.58. The van der Waals surface area contributed by atoms with E-state index >= 15 is 0 Å². The number of carbonyl (C=O) groups excluding carboxylic acids is 1. The molecule has 2 aliphatic heterocycles. The van der Waals surface area contributed by atoms with Gasteiger partial charge in [0.2, 0.25) is 0 Å². The number of carboxylic acid groups (broad SMARTS) is 1. The van der Waals surface area contributed by atoms with E-state index in [1.54, 1.807) is 17.9 Å². The fourth-order valence-corrected chi connectivity index (χ4v) is 3.32. The normalized spacial score (nSPS) is 26.3. The van der Waals surface area contributed by atoms with Gasteiger partial charge >= 0.3 is 12.0 Å². The summed E-state index contributed by atoms with van der Waals surface area (Å²) in [5.41, 5.74) is -0.00823. The number of urea groups is 1. The predicted molar refractivity (Wildman–Crippen MR) is 84.8 cm³/mol. The summed E-state index contributed by atoms with van der Waals surface area (Å²) in [6.45, 7) is 2.82. The van der Waals surface area contributed by atoms with Crippen LogP contribution in [0.15, 0.2) is 18.2 Å². The van der Waals surface area contributed by atoms with Gasteiger partial charge in [-0.3, -0.25) is 4.79 Å². The highest BCUT2D eigenvalue weighted by Gasteiger charge is 2.42. The van der Waals surface area contributed by atoms with Crippen molar-refractivity contribution in [3.8, 4) is 5.75 Å². The van der Waals surface area contributed by atoms with Crippen LogP contribution in [0.2, 0.25) is 5.02 Å². The number of fused-ring (bicyclic) bond motifs is 1. The number of carboxylic acids is 1. The molecule has 0 spiro atoms. The molecule has 3 rings (SSSR count). The van der Waals surface area contributed by atoms with Gasteiger partial charge in [0.25, 0.3) is 0 Å². The molecule has 0 radical (unpaired) electrons. The Balaban J connectivity index is 1.71. The fraction of sp³-hybridized carbons (Fsp3) is 0.500. The Labute approximate surface area is 139 Å². The third kappa shape index (κ3) is 2.95. The average Bonchev–Trinajstić information content (AvgIpc) is 2.92. The Morgan fingerprint density at radius 1 is 1.48 bits per heavy atom. The number of carbonyl (C=O) groups is 2. The largest absolute Gasteiger partial charge is 0.492 e. The maximum atomic E-state index is 12.5. The Morgan fingerprint density at radius 2 is 2.26 bits per heavy atom. The van der Waals surface area contributed by atoms with Crippen LogP contribution in [0.25, 0.3) is 0 Å². The molecule has 2 aliphatic rings. The van der Waals surface area contributed by atoms with E-state index in [0.717, 1.165) is 5.56 Å². The Kier molecular flexibility index (Phi) is 4.10. The molecule has 2 unspecified atom stereocenters. The molecule has 6 nitrogen and oxygen atoms in total. The Morgan fingerprint density at radius 3 is 2.96 bits per heavy atom. The fourth-order valence-electron chi connectivity index (χ4n) is 3.09. The van der Waals surface area contributed by atoms with E-state index in [4.69, 9.17) is 16.3 Å². The van der Waals surface area contributed by atoms with Crippen LogP contribution in [0.4, 0.5) is 4.79 Å². The van der Waals surface area contributed by atoms with Crippen molar-refractivity contribution in [1.29, 1.82) is 0 Å². The van der Waals surface area contributed by atoms with Crippen LogP contribution in [0, 0.1) is 5.41 Å². The molecule has 0 saturated carbocycles. The van der Waals surface area contributed by atoms with E-state index < -0.39 is 11.4 Å². The number of halogens is 1. The van der Waals surface area contributed by atoms with Crippen molar-refractivity contribution >= 4 is 23.6 Å². The number of nitrogens with one attached hydrogen (secondary N) is 1. The molecule has 2 N–H and O–H groups in total. The topological polar surface area (TPSA) is 78.9 Å². The van der Waals surface area contributed by atoms with Crippen LogP contribution in [0.3, 0.4) is 0 Å². The molecule has 0 aliphatic carbocycles. The first-order chi connectivity index (χ1) is 10.9. The van der Waals surface area contributed by atoms with Gasteiger partial charge in [-0.25, -0.2) is 4.79 Å². The molecule has 1 aromatic rings. The highest BCUT2D eigenvalue weighted by molar-refractivity contribution is 6.32. The summed E-state index contributed by atoms with van der Waals surface area (Å²) in [5.74, 6) is -0.251. The monoisotopic (exact) mass is 338 g/mol. The Hall–Kier alpha value is -1.95. The van der Waals surface area contributed by atoms with E-state index in [9.17, 15) is 14.7 Å². The summed E-state index contributed by atoms with van der Waals surface area (Å²) in [6.07, 6.45) is 1.12. The molecule has 7 heteroatoms. The summed E-state index contributed by atoms with van der Waals surface area (Å²) in [4.78, 5) is 25.3. The van der Waals surface area contributed by atoms with E-state index in [0.29, 0.717) is 36.8 Å². The van der Waals surface area contributed by atoms with Gasteiger partial charge in [0, 0.05) is 25.1 Å². The average molecular weight is 339 g/mol. The standard InChI is InChI=1S/C16H19ClN2O4/c1-16(14(20)21)6-7-19(9-16)15(22)18-12-5-8-23-13-10(12)3-2-4-11(13)17/h2-4,12H,5-9H2,1H3,(H,18,22)(H,20,21). The van der Waals surface area contributed by atoms with Crippen molar-refractivity contribution in [2.75, 3.05) is 19.7 Å². The lowest BCUT2D eigenvalue weighted by Crippen LogP contribution is -2.43. The van der Waals surface area contributed by atoms with Gasteiger partial charge in [0.15, 0.2) is 0 Å². The van der Waals surface area contributed by atoms with E-state index in [2.05, 4.69) is 5.32 Å². The number of rotatable bonds is 2. The lowest BCUT2D eigenvalue weighted by Gasteiger charge is -2.29. The molecule has 2 heterocycles. The number of para-hydroxylation sites is 1. The number of ether oxygens (including phenoxy) is 1. The van der Waals surface area contributed by atoms with Crippen molar-refractivity contribution in [2.45, 2.75) is 25.8 Å². The van der Waals surface area contributed by atoms with Gasteiger partial charge in [-0.2, -0.15) is 0 Å². The first-order valence-corrected chi connectivity index (χ1v) is 7.98. The maximum Gasteiger partial charge on any atom is 0.317 e. The number of likely N-dealkylation sites (tertiary alicyclic amines) is 1. The third-order valence-corrected chi connectivity index (χ3v) is 4.90. The molecule has 2 atom stereocenters. The summed E-state index contributed by atoms with van der Waals surface area (Å²) in [6, 6.07) is 5.04. The van der Waals surface area contributed by atoms with Crippen molar-refractivity contribution in [3.05, 3.63) is 28.8 Å². The molecule has 124 valence electrons. The minimum absolute atomic E-state index is 0.179. The summed E-state index contributed by atoms with van der Waals surface area (Å²) in [7, 11) is 0. The number of benzene rings is 1. The van der Waals surface area contributed by atoms with E-state index in [1.807, 2.05) is 12.1 Å². The molecule has 23 heavy (non-hydrogen) atoms. The van der Waals surface area contributed by atoms with E-state index in [1.165, 1.54) is 0 Å². The summed E-state index contributed by atoms with van der Waals surface area (Å²) in [5, 5.41) is 12.8. The zero-order valence-corrected chi connectivity index (χ0v) is 13.6. The molecule has 0 bridgehead atoms. The van der Waals surface area contributed by atoms with Gasteiger partial charge in [-0.1, -0.05) is 23.7 Å². The number of nitrogens with zero attached hydrogens (tertiary/aromatic N) is 1. The second-order valence-corrected chi connectivity index (χ2v) is 6.74. The molecule has 1 aromatic carbocycles. The van der Waals surface area contributed by atoms with Gasteiger partial charge in [-0.05, 0) is 19.4 Å². The molecule has 0 aromatic heterocycles. The molecule has 1 saturated heterocycles. The molecular weight excluding hydrogens is 320 g/mol. The SMILES string of the molecule is CC1(C(=O)O)CCN(C(=O)NC2CCOc3c(Cl)cccc32)C1. The molecule has 2 amide bonds. The highest BCUT2D eigenvalue weighted by atomic mass is 35.5. The second kappa shape index (κ2) is 5.92. The number of hydrogen-bond acceptors (Lipinski definition) is 3. The lowest BCUT2D eigenvalue weighted by molar-refractivity contribution is -0.147. The zero-order chi connectivity index (χ0) is 16.6. The smallest absolute Gasteiger partial charge is 0.317 e. The van der Waals surface area contributed by atoms with Crippen molar-refractivity contribution < 1.29 is 19.4 Å². The predicted octanol–water partition coefficient (Wildman–Crippen LogP) is 2.67. The van der Waals surface area contributed by atoms with Gasteiger partial charge in [0.1, 0.15) is 5.75 Å². The minimum atomic E-state index is -0.867. The van der Waals surface area contributed by atoms with Crippen molar-refractivity contribution in [3.63, 3.8) is 0 Å². The van der Waals surface area contributed by atoms with Crippen molar-refractivity contribution in [2.24, 2.45) is 5.41 Å². The Bertz CT molecular complexity index is 651. The summed E-state index contributed by atoms with van der Waals surface area (Å²) >= 11 is 6.13. The van der Waals surface area contributed by atoms with Crippen LogP contribution in [-0.2, 0) is 4.79 Å². The number of hydrogen-bond donors (Lipinski definition) is 2. The number of aliphatic carboxylic acids is 1. The van der Waals surface area contributed by atoms with Gasteiger partial charge < -0.3 is 20.1 Å². The zero-order valence-electron chi connectivity index (χ0n) is 12.8. The first kappa shape index (κ1) is 15.9. The number of amides is 2. The minimum Gasteiger partial charge on any atom is -0.492 e. The van der Waals surface area contributed by atoms with E-state index in [-0.39, 0.29) is 18.6 Å². The van der Waals surface area contributed by atoms with Crippen LogP contribution < -0.4 is 10.1 Å². The van der Waals surface area contributed by atoms with Crippen molar-refractivity contribution in [1.82, 2.24) is 10.2 Å². The van der Waals surface area contributed by atoms with Gasteiger partial charge in [-0.15, -0.1) is 0 Å². The highest BCUT2D eigenvalue weighted by Crippen LogP contribution is 2.38. The quantitative estimate of drug-likeness (QED) is 0.869.